The molecule has 77 valence electrons. The van der Waals surface area contributed by atoms with Crippen LogP contribution in [0.4, 0.5) is 0 Å². The van der Waals surface area contributed by atoms with E-state index in [2.05, 4.69) is 51.9 Å². The van der Waals surface area contributed by atoms with Gasteiger partial charge in [0.15, 0.2) is 5.82 Å². The fourth-order valence-corrected chi connectivity index (χ4v) is 1.11. The molecule has 2 N–H and O–H groups in total. The maximum atomic E-state index is 4.14. The fraction of sp³-hybridized carbons (Fsp3) is 0. The predicted octanol–water partition coefficient (Wildman–Crippen LogP) is -0.758. The lowest BCUT2D eigenvalue weighted by molar-refractivity contribution is 0.934. The van der Waals surface area contributed by atoms with Crippen molar-refractivity contribution in [3.8, 4) is 23.2 Å². The van der Waals surface area contributed by atoms with Gasteiger partial charge < -0.3 is 0 Å². The molecule has 0 saturated carbocycles. The number of hydrogen-bond acceptors (Lipinski definition) is 7. The van der Waals surface area contributed by atoms with Gasteiger partial charge in [-0.3, -0.25) is 10.2 Å². The van der Waals surface area contributed by atoms with Crippen molar-refractivity contribution in [2.75, 3.05) is 0 Å². The van der Waals surface area contributed by atoms with Crippen LogP contribution in [0.3, 0.4) is 0 Å². The van der Waals surface area contributed by atoms with Gasteiger partial charge in [0.2, 0.25) is 18.0 Å². The second-order valence-electron chi connectivity index (χ2n) is 2.76. The van der Waals surface area contributed by atoms with Crippen molar-refractivity contribution in [1.82, 2.24) is 45.5 Å². The Balaban J connectivity index is 2.07. The first-order valence-electron chi connectivity index (χ1n) is 4.28. The summed E-state index contributed by atoms with van der Waals surface area (Å²) in [6, 6.07) is 0. The summed E-state index contributed by atoms with van der Waals surface area (Å²) in [6.07, 6.45) is 5.48. The summed E-state index contributed by atoms with van der Waals surface area (Å²) < 4.78 is 0. The molecule has 0 unspecified atom stereocenters. The van der Waals surface area contributed by atoms with Crippen molar-refractivity contribution >= 4 is 0 Å². The molecule has 0 aliphatic carbocycles. The highest BCUT2D eigenvalue weighted by Gasteiger charge is 2.10. The number of nitrogens with zero attached hydrogens (tertiary/aromatic N) is 7. The highest BCUT2D eigenvalue weighted by atomic mass is 15.3. The van der Waals surface area contributed by atoms with Gasteiger partial charge in [0.05, 0.1) is 6.20 Å². The smallest absolute Gasteiger partial charge is 0.218 e. The molecule has 9 nitrogen and oxygen atoms in total. The molecule has 0 bridgehead atoms. The van der Waals surface area contributed by atoms with Gasteiger partial charge >= 0.3 is 0 Å². The summed E-state index contributed by atoms with van der Waals surface area (Å²) in [5.41, 5.74) is 0.510. The average Bonchev–Trinajstić information content (AvgIpc) is 3.03. The molecular formula is C7H4N9. The zero-order valence-corrected chi connectivity index (χ0v) is 7.79. The third kappa shape index (κ3) is 1.39. The summed E-state index contributed by atoms with van der Waals surface area (Å²) in [7, 11) is 0. The molecular weight excluding hydrogens is 210 g/mol. The van der Waals surface area contributed by atoms with E-state index >= 15 is 0 Å². The summed E-state index contributed by atoms with van der Waals surface area (Å²) in [5.74, 6) is 1.07. The largest absolute Gasteiger partial charge is 0.265 e. The number of aromatic amines is 2. The van der Waals surface area contributed by atoms with Gasteiger partial charge in [-0.1, -0.05) is 5.21 Å². The van der Waals surface area contributed by atoms with E-state index in [0.29, 0.717) is 23.2 Å². The number of nitrogens with one attached hydrogen (secondary N) is 2. The van der Waals surface area contributed by atoms with Gasteiger partial charge in [0.1, 0.15) is 12.0 Å². The Morgan fingerprint density at radius 2 is 2.00 bits per heavy atom. The van der Waals surface area contributed by atoms with E-state index in [9.17, 15) is 0 Å². The van der Waals surface area contributed by atoms with Crippen LogP contribution in [0.15, 0.2) is 12.5 Å². The Labute approximate surface area is 88.4 Å². The Morgan fingerprint density at radius 1 is 1.06 bits per heavy atom. The molecule has 0 atom stereocenters. The number of hydrogen-bond donors (Lipinski definition) is 2. The molecule has 16 heavy (non-hydrogen) atoms. The standard InChI is InChI=1S/C7H4N9/c1-4(14-16-11-1)5-8-2-9-6(13-5)7-10-3-12-15-7/h1,3H,(H,10,12,15)(H,11,14,16). The molecule has 0 aliphatic heterocycles. The summed E-state index contributed by atoms with van der Waals surface area (Å²) in [6.45, 7) is 0. The van der Waals surface area contributed by atoms with Crippen LogP contribution in [-0.4, -0.2) is 45.5 Å². The van der Waals surface area contributed by atoms with E-state index < -0.39 is 0 Å². The molecule has 0 fully saturated rings. The van der Waals surface area contributed by atoms with Crippen LogP contribution in [0, 0.1) is 6.33 Å². The topological polar surface area (TPSA) is 122 Å². The van der Waals surface area contributed by atoms with E-state index in [4.69, 9.17) is 0 Å². The van der Waals surface area contributed by atoms with E-state index in [-0.39, 0.29) is 0 Å². The van der Waals surface area contributed by atoms with Crippen molar-refractivity contribution in [3.05, 3.63) is 18.9 Å². The van der Waals surface area contributed by atoms with Crippen molar-refractivity contribution in [2.24, 2.45) is 0 Å². The van der Waals surface area contributed by atoms with Gasteiger partial charge in [-0.2, -0.15) is 5.10 Å². The minimum Gasteiger partial charge on any atom is -0.265 e. The highest BCUT2D eigenvalue weighted by molar-refractivity contribution is 5.50. The second kappa shape index (κ2) is 3.46. The maximum Gasteiger partial charge on any atom is 0.218 e. The lowest BCUT2D eigenvalue weighted by Gasteiger charge is -1.94. The lowest BCUT2D eigenvalue weighted by Crippen LogP contribution is -1.97. The van der Waals surface area contributed by atoms with Crippen molar-refractivity contribution in [2.45, 2.75) is 0 Å². The summed E-state index contributed by atoms with van der Waals surface area (Å²) in [5, 5.41) is 16.3. The SMILES string of the molecule is [c]1nc(-c2c[nH]nn2)nc(-c2nc[nH]n2)n1. The molecule has 3 heterocycles. The molecule has 0 saturated heterocycles. The van der Waals surface area contributed by atoms with Gasteiger partial charge in [-0.25, -0.2) is 19.9 Å². The van der Waals surface area contributed by atoms with E-state index in [1.807, 2.05) is 0 Å². The Bertz CT molecular complexity index is 520. The minimum atomic E-state index is 0.328. The minimum absolute atomic E-state index is 0.328. The molecule has 1 radical (unpaired) electrons. The molecule has 0 aliphatic rings. The molecule has 0 amide bonds. The zero-order valence-electron chi connectivity index (χ0n) is 7.79. The normalized spacial score (nSPS) is 10.5. The van der Waals surface area contributed by atoms with Crippen LogP contribution in [0.1, 0.15) is 0 Å². The van der Waals surface area contributed by atoms with E-state index in [0.717, 1.165) is 0 Å². The highest BCUT2D eigenvalue weighted by Crippen LogP contribution is 2.11. The van der Waals surface area contributed by atoms with Crippen LogP contribution in [-0.2, 0) is 0 Å². The van der Waals surface area contributed by atoms with E-state index in [1.165, 1.54) is 6.33 Å². The van der Waals surface area contributed by atoms with Gasteiger partial charge in [-0.05, 0) is 0 Å². The van der Waals surface area contributed by atoms with Crippen LogP contribution < -0.4 is 0 Å². The Kier molecular flexibility index (Phi) is 1.85. The van der Waals surface area contributed by atoms with Gasteiger partial charge in [0.25, 0.3) is 0 Å². The monoisotopic (exact) mass is 214 g/mol. The fourth-order valence-electron chi connectivity index (χ4n) is 1.11. The van der Waals surface area contributed by atoms with Crippen LogP contribution in [0.5, 0.6) is 0 Å². The Morgan fingerprint density at radius 3 is 2.75 bits per heavy atom. The molecule has 3 aromatic rings. The van der Waals surface area contributed by atoms with Crippen molar-refractivity contribution in [3.63, 3.8) is 0 Å². The first-order chi connectivity index (χ1) is 7.93. The van der Waals surface area contributed by atoms with Crippen LogP contribution >= 0.6 is 0 Å². The summed E-state index contributed by atoms with van der Waals surface area (Å²) in [4.78, 5) is 15.8. The molecule has 3 aromatic heterocycles. The third-order valence-electron chi connectivity index (χ3n) is 1.78. The molecule has 0 aromatic carbocycles. The first-order valence-corrected chi connectivity index (χ1v) is 4.28. The average molecular weight is 214 g/mol. The third-order valence-corrected chi connectivity index (χ3v) is 1.78. The predicted molar refractivity (Wildman–Crippen MR) is 49.4 cm³/mol. The number of H-pyrrole nitrogens is 2. The summed E-state index contributed by atoms with van der Waals surface area (Å²) >= 11 is 0. The quantitative estimate of drug-likeness (QED) is 0.574. The van der Waals surface area contributed by atoms with Crippen molar-refractivity contribution < 1.29 is 0 Å². The van der Waals surface area contributed by atoms with Crippen LogP contribution in [0.25, 0.3) is 23.2 Å². The van der Waals surface area contributed by atoms with Gasteiger partial charge in [-0.15, -0.1) is 5.10 Å². The van der Waals surface area contributed by atoms with Gasteiger partial charge in [0, 0.05) is 0 Å². The first kappa shape index (κ1) is 8.59. The van der Waals surface area contributed by atoms with Crippen molar-refractivity contribution in [1.29, 1.82) is 0 Å². The maximum absolute atomic E-state index is 4.14. The molecule has 0 spiro atoms. The molecule has 9 heteroatoms. The lowest BCUT2D eigenvalue weighted by atomic mass is 10.4. The molecule has 3 rings (SSSR count). The second-order valence-corrected chi connectivity index (χ2v) is 2.76. The van der Waals surface area contributed by atoms with Crippen LogP contribution in [0.2, 0.25) is 0 Å². The zero-order chi connectivity index (χ0) is 10.8. The number of aromatic nitrogens is 9. The Hall–Kier alpha value is -2.71. The van der Waals surface area contributed by atoms with E-state index in [1.54, 1.807) is 6.20 Å². The number of rotatable bonds is 2.